The van der Waals surface area contributed by atoms with E-state index in [0.717, 1.165) is 25.9 Å². The fraction of sp³-hybridized carbons (Fsp3) is 0.389. The van der Waals surface area contributed by atoms with E-state index in [4.69, 9.17) is 0 Å². The van der Waals surface area contributed by atoms with Crippen molar-refractivity contribution in [1.82, 2.24) is 14.7 Å². The Kier molecular flexibility index (Phi) is 4.64. The summed E-state index contributed by atoms with van der Waals surface area (Å²) in [6.07, 6.45) is 2.05. The van der Waals surface area contributed by atoms with Crippen LogP contribution in [-0.2, 0) is 7.05 Å². The van der Waals surface area contributed by atoms with Gasteiger partial charge in [0.1, 0.15) is 5.82 Å². The Morgan fingerprint density at radius 3 is 2.50 bits per heavy atom. The topological polar surface area (TPSA) is 67.2 Å². The van der Waals surface area contributed by atoms with Crippen molar-refractivity contribution in [3.8, 4) is 0 Å². The highest BCUT2D eigenvalue weighted by Crippen LogP contribution is 2.19. The average molecular weight is 326 g/mol. The van der Waals surface area contributed by atoms with Gasteiger partial charge in [-0.15, -0.1) is 0 Å². The second-order valence-electron chi connectivity index (χ2n) is 6.33. The Labute approximate surface area is 141 Å². The van der Waals surface area contributed by atoms with Crippen molar-refractivity contribution in [1.29, 1.82) is 0 Å². The largest absolute Gasteiger partial charge is 0.337 e. The zero-order chi connectivity index (χ0) is 17.1. The summed E-state index contributed by atoms with van der Waals surface area (Å²) in [6, 6.07) is 10.6. The number of piperidine rings is 1. The van der Waals surface area contributed by atoms with Crippen LogP contribution in [0, 0.1) is 5.92 Å². The minimum Gasteiger partial charge on any atom is -0.337 e. The number of nitrogens with one attached hydrogen (secondary N) is 1. The van der Waals surface area contributed by atoms with Crippen LogP contribution in [0.15, 0.2) is 36.4 Å². The first-order valence-electron chi connectivity index (χ1n) is 8.24. The highest BCUT2D eigenvalue weighted by Gasteiger charge is 2.24. The van der Waals surface area contributed by atoms with E-state index in [1.54, 1.807) is 25.2 Å². The number of benzene rings is 1. The van der Waals surface area contributed by atoms with Gasteiger partial charge in [0.25, 0.3) is 11.8 Å². The summed E-state index contributed by atoms with van der Waals surface area (Å²) < 4.78 is 1.53. The number of amides is 2. The molecule has 0 saturated carbocycles. The maximum Gasteiger partial charge on any atom is 0.274 e. The quantitative estimate of drug-likeness (QED) is 0.942. The standard InChI is InChI=1S/C18H22N4O2/c1-13-8-10-22(11-9-13)18(24)15-12-16(21(2)20-15)19-17(23)14-6-4-3-5-7-14/h3-7,12-13H,8-11H2,1-2H3,(H,19,23). The molecule has 1 N–H and O–H groups in total. The van der Waals surface area contributed by atoms with Crippen LogP contribution in [0.25, 0.3) is 0 Å². The molecule has 1 fully saturated rings. The van der Waals surface area contributed by atoms with Gasteiger partial charge in [0.15, 0.2) is 5.69 Å². The van der Waals surface area contributed by atoms with Crippen molar-refractivity contribution in [3.63, 3.8) is 0 Å². The molecule has 1 aliphatic heterocycles. The lowest BCUT2D eigenvalue weighted by Gasteiger charge is -2.29. The summed E-state index contributed by atoms with van der Waals surface area (Å²) in [5.74, 6) is 0.887. The van der Waals surface area contributed by atoms with E-state index < -0.39 is 0 Å². The molecule has 24 heavy (non-hydrogen) atoms. The molecule has 3 rings (SSSR count). The number of carbonyl (C=O) groups is 2. The van der Waals surface area contributed by atoms with E-state index in [9.17, 15) is 9.59 Å². The molecule has 0 radical (unpaired) electrons. The van der Waals surface area contributed by atoms with E-state index in [1.807, 2.05) is 23.1 Å². The van der Waals surface area contributed by atoms with Gasteiger partial charge in [-0.05, 0) is 30.9 Å². The number of aryl methyl sites for hydroxylation is 1. The molecule has 2 heterocycles. The van der Waals surface area contributed by atoms with Gasteiger partial charge in [0, 0.05) is 31.8 Å². The van der Waals surface area contributed by atoms with E-state index in [0.29, 0.717) is 23.0 Å². The molecule has 0 atom stereocenters. The van der Waals surface area contributed by atoms with Gasteiger partial charge in [-0.25, -0.2) is 0 Å². The Hall–Kier alpha value is -2.63. The highest BCUT2D eigenvalue weighted by atomic mass is 16.2. The maximum atomic E-state index is 12.6. The number of likely N-dealkylation sites (tertiary alicyclic amines) is 1. The van der Waals surface area contributed by atoms with Crippen molar-refractivity contribution >= 4 is 17.6 Å². The number of hydrogen-bond acceptors (Lipinski definition) is 3. The smallest absolute Gasteiger partial charge is 0.274 e. The molecule has 1 aliphatic rings. The molecule has 0 unspecified atom stereocenters. The number of aromatic nitrogens is 2. The normalized spacial score (nSPS) is 15.3. The molecule has 126 valence electrons. The minimum absolute atomic E-state index is 0.0716. The molecule has 2 amide bonds. The van der Waals surface area contributed by atoms with Crippen LogP contribution in [0.5, 0.6) is 0 Å². The first-order chi connectivity index (χ1) is 11.5. The summed E-state index contributed by atoms with van der Waals surface area (Å²) in [4.78, 5) is 26.6. The number of hydrogen-bond donors (Lipinski definition) is 1. The fourth-order valence-electron chi connectivity index (χ4n) is 2.84. The number of anilines is 1. The summed E-state index contributed by atoms with van der Waals surface area (Å²) in [6.45, 7) is 3.74. The van der Waals surface area contributed by atoms with E-state index in [1.165, 1.54) is 4.68 Å². The van der Waals surface area contributed by atoms with Gasteiger partial charge < -0.3 is 10.2 Å². The Bertz CT molecular complexity index is 731. The lowest BCUT2D eigenvalue weighted by Crippen LogP contribution is -2.38. The highest BCUT2D eigenvalue weighted by molar-refractivity contribution is 6.04. The summed E-state index contributed by atoms with van der Waals surface area (Å²) in [5, 5.41) is 7.06. The van der Waals surface area contributed by atoms with Gasteiger partial charge in [0.2, 0.25) is 0 Å². The third kappa shape index (κ3) is 3.48. The number of carbonyl (C=O) groups excluding carboxylic acids is 2. The van der Waals surface area contributed by atoms with E-state index in [-0.39, 0.29) is 11.8 Å². The van der Waals surface area contributed by atoms with Crippen LogP contribution in [0.4, 0.5) is 5.82 Å². The van der Waals surface area contributed by atoms with Crippen LogP contribution in [0.1, 0.15) is 40.6 Å². The molecule has 6 nitrogen and oxygen atoms in total. The monoisotopic (exact) mass is 326 g/mol. The number of nitrogens with zero attached hydrogens (tertiary/aromatic N) is 3. The summed E-state index contributed by atoms with van der Waals surface area (Å²) >= 11 is 0. The molecule has 0 spiro atoms. The maximum absolute atomic E-state index is 12.6. The molecule has 2 aromatic rings. The van der Waals surface area contributed by atoms with Crippen LogP contribution in [0.2, 0.25) is 0 Å². The molecule has 6 heteroatoms. The summed E-state index contributed by atoms with van der Waals surface area (Å²) in [7, 11) is 1.72. The molecule has 1 aromatic carbocycles. The van der Waals surface area contributed by atoms with Gasteiger partial charge in [-0.1, -0.05) is 25.1 Å². The van der Waals surface area contributed by atoms with Crippen molar-refractivity contribution in [2.45, 2.75) is 19.8 Å². The fourth-order valence-corrected chi connectivity index (χ4v) is 2.84. The van der Waals surface area contributed by atoms with Crippen molar-refractivity contribution in [2.75, 3.05) is 18.4 Å². The average Bonchev–Trinajstić information content (AvgIpc) is 2.96. The predicted octanol–water partition coefficient (Wildman–Crippen LogP) is 2.54. The second kappa shape index (κ2) is 6.86. The summed E-state index contributed by atoms with van der Waals surface area (Å²) in [5.41, 5.74) is 0.937. The van der Waals surface area contributed by atoms with Gasteiger partial charge in [-0.3, -0.25) is 14.3 Å². The third-order valence-corrected chi connectivity index (χ3v) is 4.45. The second-order valence-corrected chi connectivity index (χ2v) is 6.33. The molecular formula is C18H22N4O2. The van der Waals surface area contributed by atoms with Crippen LogP contribution >= 0.6 is 0 Å². The lowest BCUT2D eigenvalue weighted by atomic mass is 9.99. The number of rotatable bonds is 3. The van der Waals surface area contributed by atoms with Crippen molar-refractivity contribution in [2.24, 2.45) is 13.0 Å². The molecule has 1 saturated heterocycles. The zero-order valence-electron chi connectivity index (χ0n) is 14.0. The zero-order valence-corrected chi connectivity index (χ0v) is 14.0. The van der Waals surface area contributed by atoms with Gasteiger partial charge in [0.05, 0.1) is 0 Å². The van der Waals surface area contributed by atoms with Crippen LogP contribution < -0.4 is 5.32 Å². The minimum atomic E-state index is -0.218. The third-order valence-electron chi connectivity index (χ3n) is 4.45. The Morgan fingerprint density at radius 2 is 1.83 bits per heavy atom. The molecule has 0 bridgehead atoms. The SMILES string of the molecule is CC1CCN(C(=O)c2cc(NC(=O)c3ccccc3)n(C)n2)CC1. The van der Waals surface area contributed by atoms with Crippen molar-refractivity contribution in [3.05, 3.63) is 47.7 Å². The van der Waals surface area contributed by atoms with Gasteiger partial charge >= 0.3 is 0 Å². The van der Waals surface area contributed by atoms with Crippen molar-refractivity contribution < 1.29 is 9.59 Å². The van der Waals surface area contributed by atoms with Gasteiger partial charge in [-0.2, -0.15) is 5.10 Å². The first kappa shape index (κ1) is 16.2. The molecule has 0 aliphatic carbocycles. The molecular weight excluding hydrogens is 304 g/mol. The van der Waals surface area contributed by atoms with E-state index >= 15 is 0 Å². The molecule has 1 aromatic heterocycles. The first-order valence-corrected chi connectivity index (χ1v) is 8.24. The Balaban J connectivity index is 1.71. The Morgan fingerprint density at radius 1 is 1.17 bits per heavy atom. The predicted molar refractivity (Wildman–Crippen MR) is 91.9 cm³/mol. The van der Waals surface area contributed by atoms with Crippen LogP contribution in [0.3, 0.4) is 0 Å². The van der Waals surface area contributed by atoms with E-state index in [2.05, 4.69) is 17.3 Å². The van der Waals surface area contributed by atoms with Crippen LogP contribution in [-0.4, -0.2) is 39.6 Å². The lowest BCUT2D eigenvalue weighted by molar-refractivity contribution is 0.0690.